The first-order chi connectivity index (χ1) is 9.29. The quantitative estimate of drug-likeness (QED) is 0.885. The molecule has 2 aromatic heterocycles. The number of nitrogens with zero attached hydrogens (tertiary/aromatic N) is 4. The summed E-state index contributed by atoms with van der Waals surface area (Å²) >= 11 is 0. The van der Waals surface area contributed by atoms with E-state index in [0.717, 1.165) is 19.4 Å². The molecular formula is C12H17N5O2. The molecule has 1 saturated heterocycles. The lowest BCUT2D eigenvalue weighted by atomic mass is 10.1. The van der Waals surface area contributed by atoms with Crippen LogP contribution in [-0.2, 0) is 17.7 Å². The third kappa shape index (κ3) is 3.11. The summed E-state index contributed by atoms with van der Waals surface area (Å²) in [5.74, 6) is 1.23. The molecule has 7 heteroatoms. The zero-order valence-corrected chi connectivity index (χ0v) is 10.7. The molecule has 0 amide bonds. The van der Waals surface area contributed by atoms with Gasteiger partial charge in [0.2, 0.25) is 5.89 Å². The van der Waals surface area contributed by atoms with Gasteiger partial charge in [0.15, 0.2) is 5.82 Å². The molecule has 1 fully saturated rings. The molecule has 102 valence electrons. The molecule has 1 aliphatic heterocycles. The highest BCUT2D eigenvalue weighted by molar-refractivity contribution is 5.30. The zero-order valence-electron chi connectivity index (χ0n) is 10.7. The van der Waals surface area contributed by atoms with E-state index in [2.05, 4.69) is 15.2 Å². The zero-order chi connectivity index (χ0) is 13.1. The van der Waals surface area contributed by atoms with Crippen molar-refractivity contribution in [2.75, 3.05) is 12.3 Å². The van der Waals surface area contributed by atoms with Gasteiger partial charge in [-0.15, -0.1) is 0 Å². The van der Waals surface area contributed by atoms with E-state index in [-0.39, 0.29) is 6.10 Å². The first-order valence-corrected chi connectivity index (χ1v) is 6.50. The SMILES string of the molecule is Nc1cnn(Cc2nc(CC3CCCCO3)no2)c1. The van der Waals surface area contributed by atoms with Crippen molar-refractivity contribution in [2.45, 2.75) is 38.3 Å². The molecule has 1 unspecified atom stereocenters. The Morgan fingerprint density at radius 2 is 2.37 bits per heavy atom. The predicted octanol–water partition coefficient (Wildman–Crippen LogP) is 1.01. The Kier molecular flexibility index (Phi) is 3.45. The fraction of sp³-hybridized carbons (Fsp3) is 0.583. The van der Waals surface area contributed by atoms with E-state index in [4.69, 9.17) is 15.0 Å². The summed E-state index contributed by atoms with van der Waals surface area (Å²) in [6.45, 7) is 1.28. The van der Waals surface area contributed by atoms with Crippen LogP contribution in [0.15, 0.2) is 16.9 Å². The standard InChI is InChI=1S/C12H17N5O2/c13-9-6-14-17(7-9)8-12-15-11(16-19-12)5-10-3-1-2-4-18-10/h6-7,10H,1-5,8,13H2. The van der Waals surface area contributed by atoms with Gasteiger partial charge in [0, 0.05) is 19.2 Å². The molecule has 1 atom stereocenters. The van der Waals surface area contributed by atoms with Crippen molar-refractivity contribution in [3.05, 3.63) is 24.1 Å². The number of ether oxygens (including phenoxy) is 1. The highest BCUT2D eigenvalue weighted by atomic mass is 16.5. The number of hydrogen-bond donors (Lipinski definition) is 1. The van der Waals surface area contributed by atoms with Crippen LogP contribution in [0, 0.1) is 0 Å². The fourth-order valence-corrected chi connectivity index (χ4v) is 2.21. The maximum Gasteiger partial charge on any atom is 0.248 e. The molecule has 2 N–H and O–H groups in total. The minimum absolute atomic E-state index is 0.222. The summed E-state index contributed by atoms with van der Waals surface area (Å²) in [6.07, 6.45) is 7.68. The number of nitrogen functional groups attached to an aromatic ring is 1. The number of hydrogen-bond acceptors (Lipinski definition) is 6. The summed E-state index contributed by atoms with van der Waals surface area (Å²) in [5, 5.41) is 8.05. The van der Waals surface area contributed by atoms with Gasteiger partial charge < -0.3 is 15.0 Å². The molecule has 0 radical (unpaired) electrons. The number of aromatic nitrogens is 4. The smallest absolute Gasteiger partial charge is 0.248 e. The third-order valence-corrected chi connectivity index (χ3v) is 3.14. The molecule has 3 heterocycles. The number of rotatable bonds is 4. The van der Waals surface area contributed by atoms with Crippen molar-refractivity contribution in [1.29, 1.82) is 0 Å². The van der Waals surface area contributed by atoms with Gasteiger partial charge in [-0.1, -0.05) is 5.16 Å². The van der Waals surface area contributed by atoms with Crippen molar-refractivity contribution in [3.63, 3.8) is 0 Å². The topological polar surface area (TPSA) is 92.0 Å². The minimum Gasteiger partial charge on any atom is -0.396 e. The highest BCUT2D eigenvalue weighted by Gasteiger charge is 2.17. The summed E-state index contributed by atoms with van der Waals surface area (Å²) < 4.78 is 12.5. The van der Waals surface area contributed by atoms with E-state index in [1.165, 1.54) is 6.42 Å². The second-order valence-electron chi connectivity index (χ2n) is 4.77. The van der Waals surface area contributed by atoms with Crippen molar-refractivity contribution >= 4 is 5.69 Å². The van der Waals surface area contributed by atoms with Crippen LogP contribution in [-0.4, -0.2) is 32.6 Å². The minimum atomic E-state index is 0.222. The Morgan fingerprint density at radius 1 is 1.42 bits per heavy atom. The molecule has 0 spiro atoms. The average molecular weight is 263 g/mol. The van der Waals surface area contributed by atoms with E-state index < -0.39 is 0 Å². The molecule has 3 rings (SSSR count). The molecule has 19 heavy (non-hydrogen) atoms. The number of nitrogens with two attached hydrogens (primary N) is 1. The summed E-state index contributed by atoms with van der Waals surface area (Å²) in [6, 6.07) is 0. The second kappa shape index (κ2) is 5.40. The monoisotopic (exact) mass is 263 g/mol. The lowest BCUT2D eigenvalue weighted by Gasteiger charge is -2.20. The van der Waals surface area contributed by atoms with Crippen LogP contribution < -0.4 is 5.73 Å². The Labute approximate surface area is 110 Å². The van der Waals surface area contributed by atoms with E-state index in [9.17, 15) is 0 Å². The van der Waals surface area contributed by atoms with E-state index >= 15 is 0 Å². The van der Waals surface area contributed by atoms with Crippen LogP contribution in [0.2, 0.25) is 0 Å². The largest absolute Gasteiger partial charge is 0.396 e. The first kappa shape index (κ1) is 12.2. The van der Waals surface area contributed by atoms with Crippen LogP contribution in [0.25, 0.3) is 0 Å². The van der Waals surface area contributed by atoms with Crippen molar-refractivity contribution < 1.29 is 9.26 Å². The third-order valence-electron chi connectivity index (χ3n) is 3.14. The molecule has 1 aliphatic rings. The van der Waals surface area contributed by atoms with Crippen LogP contribution in [0.3, 0.4) is 0 Å². The van der Waals surface area contributed by atoms with Crippen LogP contribution in [0.4, 0.5) is 5.69 Å². The van der Waals surface area contributed by atoms with Gasteiger partial charge in [-0.05, 0) is 19.3 Å². The summed E-state index contributed by atoms with van der Waals surface area (Å²) in [5.41, 5.74) is 6.22. The van der Waals surface area contributed by atoms with Gasteiger partial charge in [0.1, 0.15) is 6.54 Å². The average Bonchev–Trinajstić information content (AvgIpc) is 3.01. The molecule has 2 aromatic rings. The van der Waals surface area contributed by atoms with Gasteiger partial charge in [0.05, 0.1) is 18.0 Å². The first-order valence-electron chi connectivity index (χ1n) is 6.50. The predicted molar refractivity (Wildman–Crippen MR) is 67.3 cm³/mol. The Bertz CT molecular complexity index is 530. The maximum atomic E-state index is 5.66. The molecular weight excluding hydrogens is 246 g/mol. The van der Waals surface area contributed by atoms with E-state index in [1.54, 1.807) is 17.1 Å². The van der Waals surface area contributed by atoms with E-state index in [1.807, 2.05) is 0 Å². The van der Waals surface area contributed by atoms with Gasteiger partial charge in [0.25, 0.3) is 0 Å². The van der Waals surface area contributed by atoms with Crippen LogP contribution >= 0.6 is 0 Å². The lowest BCUT2D eigenvalue weighted by Crippen LogP contribution is -2.21. The normalized spacial score (nSPS) is 19.7. The Balaban J connectivity index is 1.59. The summed E-state index contributed by atoms with van der Waals surface area (Å²) in [4.78, 5) is 4.35. The molecule has 0 aliphatic carbocycles. The van der Waals surface area contributed by atoms with Gasteiger partial charge in [-0.25, -0.2) is 0 Å². The molecule has 0 bridgehead atoms. The van der Waals surface area contributed by atoms with Crippen LogP contribution in [0.1, 0.15) is 31.0 Å². The number of anilines is 1. The second-order valence-corrected chi connectivity index (χ2v) is 4.77. The molecule has 0 saturated carbocycles. The van der Waals surface area contributed by atoms with Gasteiger partial charge in [-0.3, -0.25) is 4.68 Å². The highest BCUT2D eigenvalue weighted by Crippen LogP contribution is 2.16. The summed E-state index contributed by atoms with van der Waals surface area (Å²) in [7, 11) is 0. The van der Waals surface area contributed by atoms with Crippen LogP contribution in [0.5, 0.6) is 0 Å². The molecule has 0 aromatic carbocycles. The maximum absolute atomic E-state index is 5.66. The van der Waals surface area contributed by atoms with Gasteiger partial charge in [-0.2, -0.15) is 10.1 Å². The molecule has 7 nitrogen and oxygen atoms in total. The Hall–Kier alpha value is -1.89. The van der Waals surface area contributed by atoms with Gasteiger partial charge >= 0.3 is 0 Å². The Morgan fingerprint density at radius 3 is 3.11 bits per heavy atom. The van der Waals surface area contributed by atoms with Crippen molar-refractivity contribution in [1.82, 2.24) is 19.9 Å². The fourth-order valence-electron chi connectivity index (χ4n) is 2.21. The van der Waals surface area contributed by atoms with Crippen molar-refractivity contribution in [2.24, 2.45) is 0 Å². The lowest BCUT2D eigenvalue weighted by molar-refractivity contribution is 0.0153. The van der Waals surface area contributed by atoms with E-state index in [0.29, 0.717) is 30.4 Å². The van der Waals surface area contributed by atoms with Crippen molar-refractivity contribution in [3.8, 4) is 0 Å².